The van der Waals surface area contributed by atoms with Crippen LogP contribution in [0.2, 0.25) is 0 Å². The molecule has 2 rings (SSSR count). The standard InChI is InChI=1S/C15H17NO3/c1-4-11-6-8-12(9-7-11)14-16-10(3)13(19-14)15(17)18-5-2/h6-9H,4-5H2,1-3H3. The lowest BCUT2D eigenvalue weighted by Crippen LogP contribution is -2.04. The van der Waals surface area contributed by atoms with E-state index >= 15 is 0 Å². The molecule has 0 fully saturated rings. The minimum Gasteiger partial charge on any atom is -0.460 e. The first-order chi connectivity index (χ1) is 9.15. The van der Waals surface area contributed by atoms with Crippen LogP contribution in [0.1, 0.15) is 35.7 Å². The maximum absolute atomic E-state index is 11.7. The first kappa shape index (κ1) is 13.3. The minimum absolute atomic E-state index is 0.177. The van der Waals surface area contributed by atoms with Gasteiger partial charge in [0.15, 0.2) is 0 Å². The first-order valence-electron chi connectivity index (χ1n) is 6.39. The van der Waals surface area contributed by atoms with E-state index in [0.29, 0.717) is 18.2 Å². The summed E-state index contributed by atoms with van der Waals surface area (Å²) in [5.41, 5.74) is 2.65. The van der Waals surface area contributed by atoms with Crippen molar-refractivity contribution in [2.24, 2.45) is 0 Å². The number of hydrogen-bond acceptors (Lipinski definition) is 4. The van der Waals surface area contributed by atoms with E-state index in [9.17, 15) is 4.79 Å². The van der Waals surface area contributed by atoms with Gasteiger partial charge in [-0.05, 0) is 38.0 Å². The van der Waals surface area contributed by atoms with E-state index < -0.39 is 5.97 Å². The molecule has 1 heterocycles. The van der Waals surface area contributed by atoms with Crippen LogP contribution in [0.4, 0.5) is 0 Å². The number of ether oxygens (including phenoxy) is 1. The van der Waals surface area contributed by atoms with Gasteiger partial charge in [-0.1, -0.05) is 19.1 Å². The van der Waals surface area contributed by atoms with Crippen molar-refractivity contribution in [2.45, 2.75) is 27.2 Å². The van der Waals surface area contributed by atoms with Gasteiger partial charge in [0.1, 0.15) is 0 Å². The monoisotopic (exact) mass is 259 g/mol. The highest BCUT2D eigenvalue weighted by Gasteiger charge is 2.19. The fourth-order valence-corrected chi connectivity index (χ4v) is 1.79. The van der Waals surface area contributed by atoms with Gasteiger partial charge in [0.2, 0.25) is 11.7 Å². The third-order valence-corrected chi connectivity index (χ3v) is 2.87. The van der Waals surface area contributed by atoms with E-state index in [2.05, 4.69) is 11.9 Å². The molecule has 0 bridgehead atoms. The Morgan fingerprint density at radius 3 is 2.53 bits per heavy atom. The quantitative estimate of drug-likeness (QED) is 0.790. The predicted octanol–water partition coefficient (Wildman–Crippen LogP) is 3.39. The molecular weight excluding hydrogens is 242 g/mol. The second kappa shape index (κ2) is 5.69. The predicted molar refractivity (Wildman–Crippen MR) is 72.0 cm³/mol. The zero-order valence-electron chi connectivity index (χ0n) is 11.4. The van der Waals surface area contributed by atoms with Crippen molar-refractivity contribution >= 4 is 5.97 Å². The number of rotatable bonds is 4. The van der Waals surface area contributed by atoms with E-state index in [1.54, 1.807) is 13.8 Å². The van der Waals surface area contributed by atoms with Crippen molar-refractivity contribution in [3.05, 3.63) is 41.3 Å². The summed E-state index contributed by atoms with van der Waals surface area (Å²) in [6.07, 6.45) is 0.985. The fourth-order valence-electron chi connectivity index (χ4n) is 1.79. The molecule has 0 saturated heterocycles. The molecule has 2 aromatic rings. The van der Waals surface area contributed by atoms with Crippen LogP contribution in [0.5, 0.6) is 0 Å². The molecule has 0 N–H and O–H groups in total. The molecular formula is C15H17NO3. The van der Waals surface area contributed by atoms with Crippen molar-refractivity contribution in [3.63, 3.8) is 0 Å². The van der Waals surface area contributed by atoms with Gasteiger partial charge in [-0.2, -0.15) is 0 Å². The van der Waals surface area contributed by atoms with Crippen molar-refractivity contribution in [3.8, 4) is 11.5 Å². The van der Waals surface area contributed by atoms with Gasteiger partial charge in [-0.3, -0.25) is 0 Å². The number of hydrogen-bond donors (Lipinski definition) is 0. The summed E-state index contributed by atoms with van der Waals surface area (Å²) in [6, 6.07) is 7.94. The Kier molecular flexibility index (Phi) is 4.00. The zero-order chi connectivity index (χ0) is 13.8. The van der Waals surface area contributed by atoms with Crippen LogP contribution in [0.25, 0.3) is 11.5 Å². The molecule has 0 aliphatic heterocycles. The Hall–Kier alpha value is -2.10. The number of esters is 1. The van der Waals surface area contributed by atoms with E-state index in [1.165, 1.54) is 5.56 Å². The molecule has 0 unspecified atom stereocenters. The maximum atomic E-state index is 11.7. The number of benzene rings is 1. The minimum atomic E-state index is -0.469. The summed E-state index contributed by atoms with van der Waals surface area (Å²) in [7, 11) is 0. The van der Waals surface area contributed by atoms with Crippen LogP contribution in [0.3, 0.4) is 0 Å². The average molecular weight is 259 g/mol. The van der Waals surface area contributed by atoms with Gasteiger partial charge in [0.25, 0.3) is 0 Å². The number of oxazole rings is 1. The third-order valence-electron chi connectivity index (χ3n) is 2.87. The second-order valence-corrected chi connectivity index (χ2v) is 4.20. The summed E-state index contributed by atoms with van der Waals surface area (Å²) in [5, 5.41) is 0. The van der Waals surface area contributed by atoms with Crippen molar-refractivity contribution in [2.75, 3.05) is 6.61 Å². The van der Waals surface area contributed by atoms with Crippen LogP contribution in [0.15, 0.2) is 28.7 Å². The number of carbonyl (C=O) groups excluding carboxylic acids is 1. The Labute approximate surface area is 112 Å². The lowest BCUT2D eigenvalue weighted by molar-refractivity contribution is 0.0490. The summed E-state index contributed by atoms with van der Waals surface area (Å²) < 4.78 is 10.4. The van der Waals surface area contributed by atoms with Crippen molar-refractivity contribution in [1.29, 1.82) is 0 Å². The van der Waals surface area contributed by atoms with E-state index in [-0.39, 0.29) is 5.76 Å². The summed E-state index contributed by atoms with van der Waals surface area (Å²) >= 11 is 0. The molecule has 4 nitrogen and oxygen atoms in total. The summed E-state index contributed by atoms with van der Waals surface area (Å²) in [6.45, 7) is 5.91. The van der Waals surface area contributed by atoms with Crippen LogP contribution in [-0.2, 0) is 11.2 Å². The Bertz CT molecular complexity index is 570. The van der Waals surface area contributed by atoms with E-state index in [1.807, 2.05) is 24.3 Å². The average Bonchev–Trinajstić information content (AvgIpc) is 2.81. The molecule has 0 atom stereocenters. The molecule has 0 radical (unpaired) electrons. The molecule has 0 saturated carbocycles. The van der Waals surface area contributed by atoms with E-state index in [4.69, 9.17) is 9.15 Å². The van der Waals surface area contributed by atoms with Gasteiger partial charge >= 0.3 is 5.97 Å². The molecule has 0 spiro atoms. The zero-order valence-corrected chi connectivity index (χ0v) is 11.4. The maximum Gasteiger partial charge on any atom is 0.376 e. The Balaban J connectivity index is 2.30. The number of carbonyl (C=O) groups is 1. The molecule has 0 amide bonds. The second-order valence-electron chi connectivity index (χ2n) is 4.20. The highest BCUT2D eigenvalue weighted by molar-refractivity contribution is 5.87. The smallest absolute Gasteiger partial charge is 0.376 e. The summed E-state index contributed by atoms with van der Waals surface area (Å²) in [4.78, 5) is 15.9. The number of aromatic nitrogens is 1. The SMILES string of the molecule is CCOC(=O)c1oc(-c2ccc(CC)cc2)nc1C. The van der Waals surface area contributed by atoms with Crippen molar-refractivity contribution < 1.29 is 13.9 Å². The highest BCUT2D eigenvalue weighted by atomic mass is 16.5. The molecule has 4 heteroatoms. The molecule has 100 valence electrons. The van der Waals surface area contributed by atoms with Crippen LogP contribution >= 0.6 is 0 Å². The highest BCUT2D eigenvalue weighted by Crippen LogP contribution is 2.22. The van der Waals surface area contributed by atoms with Crippen LogP contribution in [-0.4, -0.2) is 17.6 Å². The van der Waals surface area contributed by atoms with Gasteiger partial charge in [0.05, 0.1) is 12.3 Å². The lowest BCUT2D eigenvalue weighted by Gasteiger charge is -1.99. The van der Waals surface area contributed by atoms with Gasteiger partial charge in [0, 0.05) is 5.56 Å². The van der Waals surface area contributed by atoms with Gasteiger partial charge in [-0.25, -0.2) is 9.78 Å². The van der Waals surface area contributed by atoms with Crippen molar-refractivity contribution in [1.82, 2.24) is 4.98 Å². The van der Waals surface area contributed by atoms with Crippen LogP contribution in [0, 0.1) is 6.92 Å². The topological polar surface area (TPSA) is 52.3 Å². The number of aryl methyl sites for hydroxylation is 2. The third kappa shape index (κ3) is 2.84. The molecule has 19 heavy (non-hydrogen) atoms. The normalized spacial score (nSPS) is 10.5. The molecule has 1 aromatic heterocycles. The Morgan fingerprint density at radius 1 is 1.26 bits per heavy atom. The number of nitrogens with zero attached hydrogens (tertiary/aromatic N) is 1. The first-order valence-corrected chi connectivity index (χ1v) is 6.39. The molecule has 1 aromatic carbocycles. The largest absolute Gasteiger partial charge is 0.460 e. The van der Waals surface area contributed by atoms with E-state index in [0.717, 1.165) is 12.0 Å². The molecule has 0 aliphatic rings. The van der Waals surface area contributed by atoms with Gasteiger partial charge in [-0.15, -0.1) is 0 Å². The summed E-state index contributed by atoms with van der Waals surface area (Å²) in [5.74, 6) is 0.156. The fraction of sp³-hybridized carbons (Fsp3) is 0.333. The van der Waals surface area contributed by atoms with Crippen LogP contribution < -0.4 is 0 Å². The lowest BCUT2D eigenvalue weighted by atomic mass is 10.1. The Morgan fingerprint density at radius 2 is 1.95 bits per heavy atom. The molecule has 0 aliphatic carbocycles. The van der Waals surface area contributed by atoms with Gasteiger partial charge < -0.3 is 9.15 Å².